The van der Waals surface area contributed by atoms with E-state index in [0.717, 1.165) is 10.6 Å². The quantitative estimate of drug-likeness (QED) is 0.772. The highest BCUT2D eigenvalue weighted by atomic mass is 32.1. The standard InChI is InChI=1S/C14H12N4O2S/c1-7-8(2)21-14(15-7)16-11-9-5-3-4-6-10(9)17-18-12(11)13(19)20/h3-6H,1-2H3,(H,19,20)(H,15,16,17). The van der Waals surface area contributed by atoms with Gasteiger partial charge in [-0.15, -0.1) is 21.5 Å². The highest BCUT2D eigenvalue weighted by molar-refractivity contribution is 7.15. The molecule has 106 valence electrons. The van der Waals surface area contributed by atoms with Crippen molar-refractivity contribution in [1.82, 2.24) is 15.2 Å². The van der Waals surface area contributed by atoms with Crippen LogP contribution < -0.4 is 5.32 Å². The monoisotopic (exact) mass is 300 g/mol. The molecule has 0 aliphatic carbocycles. The van der Waals surface area contributed by atoms with E-state index in [2.05, 4.69) is 20.5 Å². The van der Waals surface area contributed by atoms with Crippen molar-refractivity contribution in [2.45, 2.75) is 13.8 Å². The van der Waals surface area contributed by atoms with Crippen molar-refractivity contribution >= 4 is 39.0 Å². The number of aryl methyl sites for hydroxylation is 2. The van der Waals surface area contributed by atoms with E-state index in [1.54, 1.807) is 6.07 Å². The smallest absolute Gasteiger partial charge is 0.358 e. The third-order valence-electron chi connectivity index (χ3n) is 3.13. The van der Waals surface area contributed by atoms with Gasteiger partial charge in [-0.1, -0.05) is 18.2 Å². The SMILES string of the molecule is Cc1nc(Nc2c(C(=O)O)nnc3ccccc23)sc1C. The predicted octanol–water partition coefficient (Wildman–Crippen LogP) is 3.14. The molecule has 2 N–H and O–H groups in total. The van der Waals surface area contributed by atoms with Crippen molar-refractivity contribution in [2.75, 3.05) is 5.32 Å². The minimum Gasteiger partial charge on any atom is -0.476 e. The summed E-state index contributed by atoms with van der Waals surface area (Å²) in [5.41, 5.74) is 1.86. The maximum Gasteiger partial charge on any atom is 0.358 e. The molecule has 0 aliphatic heterocycles. The molecule has 0 aliphatic rings. The van der Waals surface area contributed by atoms with Crippen LogP contribution >= 0.6 is 11.3 Å². The number of carboxylic acids is 1. The largest absolute Gasteiger partial charge is 0.476 e. The zero-order chi connectivity index (χ0) is 15.0. The van der Waals surface area contributed by atoms with Crippen LogP contribution in [0.3, 0.4) is 0 Å². The second kappa shape index (κ2) is 5.10. The van der Waals surface area contributed by atoms with E-state index in [0.29, 0.717) is 21.7 Å². The first-order valence-corrected chi connectivity index (χ1v) is 7.07. The van der Waals surface area contributed by atoms with E-state index >= 15 is 0 Å². The molecule has 6 nitrogen and oxygen atoms in total. The number of hydrogen-bond donors (Lipinski definition) is 2. The first kappa shape index (κ1) is 13.4. The highest BCUT2D eigenvalue weighted by Crippen LogP contribution is 2.30. The molecule has 0 atom stereocenters. The lowest BCUT2D eigenvalue weighted by Gasteiger charge is -2.09. The van der Waals surface area contributed by atoms with Gasteiger partial charge >= 0.3 is 5.97 Å². The lowest BCUT2D eigenvalue weighted by molar-refractivity contribution is 0.0690. The summed E-state index contributed by atoms with van der Waals surface area (Å²) in [5, 5.41) is 21.5. The van der Waals surface area contributed by atoms with Crippen LogP contribution in [0.1, 0.15) is 21.1 Å². The number of rotatable bonds is 3. The van der Waals surface area contributed by atoms with Crippen LogP contribution in [0, 0.1) is 13.8 Å². The zero-order valence-electron chi connectivity index (χ0n) is 11.4. The van der Waals surface area contributed by atoms with Crippen molar-refractivity contribution < 1.29 is 9.90 Å². The predicted molar refractivity (Wildman–Crippen MR) is 81.4 cm³/mol. The number of carboxylic acid groups (broad SMARTS) is 1. The van der Waals surface area contributed by atoms with Gasteiger partial charge in [-0.3, -0.25) is 0 Å². The Hall–Kier alpha value is -2.54. The Balaban J connectivity index is 2.18. The van der Waals surface area contributed by atoms with Crippen LogP contribution in [-0.2, 0) is 0 Å². The summed E-state index contributed by atoms with van der Waals surface area (Å²) in [4.78, 5) is 16.8. The van der Waals surface area contributed by atoms with E-state index in [9.17, 15) is 9.90 Å². The fraction of sp³-hybridized carbons (Fsp3) is 0.143. The number of hydrogen-bond acceptors (Lipinski definition) is 6. The molecular weight excluding hydrogens is 288 g/mol. The zero-order valence-corrected chi connectivity index (χ0v) is 12.2. The van der Waals surface area contributed by atoms with Gasteiger partial charge in [0.2, 0.25) is 0 Å². The molecule has 2 aromatic heterocycles. The first-order chi connectivity index (χ1) is 10.1. The molecule has 2 heterocycles. The number of anilines is 2. The molecule has 3 aromatic rings. The number of thiazole rings is 1. The fourth-order valence-corrected chi connectivity index (χ4v) is 2.78. The van der Waals surface area contributed by atoms with Crippen LogP contribution in [-0.4, -0.2) is 26.3 Å². The summed E-state index contributed by atoms with van der Waals surface area (Å²) in [6.45, 7) is 3.89. The van der Waals surface area contributed by atoms with Crippen molar-refractivity contribution in [3.05, 3.63) is 40.5 Å². The Bertz CT molecular complexity index is 825. The van der Waals surface area contributed by atoms with Crippen LogP contribution in [0.5, 0.6) is 0 Å². The molecule has 7 heteroatoms. The van der Waals surface area contributed by atoms with E-state index in [1.807, 2.05) is 32.0 Å². The van der Waals surface area contributed by atoms with Gasteiger partial charge in [-0.25, -0.2) is 9.78 Å². The molecule has 21 heavy (non-hydrogen) atoms. The summed E-state index contributed by atoms with van der Waals surface area (Å²) >= 11 is 1.47. The average molecular weight is 300 g/mol. The Morgan fingerprint density at radius 3 is 2.67 bits per heavy atom. The van der Waals surface area contributed by atoms with E-state index in [4.69, 9.17) is 0 Å². The van der Waals surface area contributed by atoms with Gasteiger partial charge in [-0.2, -0.15) is 0 Å². The van der Waals surface area contributed by atoms with Gasteiger partial charge in [0, 0.05) is 10.3 Å². The number of fused-ring (bicyclic) bond motifs is 1. The number of aromatic nitrogens is 3. The van der Waals surface area contributed by atoms with Gasteiger partial charge in [0.25, 0.3) is 0 Å². The van der Waals surface area contributed by atoms with E-state index < -0.39 is 5.97 Å². The summed E-state index contributed by atoms with van der Waals surface area (Å²) in [6.07, 6.45) is 0. The van der Waals surface area contributed by atoms with Crippen LogP contribution in [0.15, 0.2) is 24.3 Å². The lowest BCUT2D eigenvalue weighted by Crippen LogP contribution is -2.08. The molecule has 0 unspecified atom stereocenters. The van der Waals surface area contributed by atoms with Crippen LogP contribution in [0.25, 0.3) is 10.9 Å². The van der Waals surface area contributed by atoms with Crippen LogP contribution in [0.4, 0.5) is 10.8 Å². The molecule has 0 saturated carbocycles. The Kier molecular flexibility index (Phi) is 3.26. The van der Waals surface area contributed by atoms with Crippen molar-refractivity contribution in [1.29, 1.82) is 0 Å². The van der Waals surface area contributed by atoms with E-state index in [1.165, 1.54) is 11.3 Å². The number of nitrogens with zero attached hydrogens (tertiary/aromatic N) is 3. The fourth-order valence-electron chi connectivity index (χ4n) is 1.96. The van der Waals surface area contributed by atoms with Gasteiger partial charge < -0.3 is 10.4 Å². The summed E-state index contributed by atoms with van der Waals surface area (Å²) in [5.74, 6) is -1.12. The lowest BCUT2D eigenvalue weighted by atomic mass is 10.1. The molecule has 0 amide bonds. The summed E-state index contributed by atoms with van der Waals surface area (Å²) in [7, 11) is 0. The van der Waals surface area contributed by atoms with E-state index in [-0.39, 0.29) is 5.69 Å². The number of carbonyl (C=O) groups is 1. The molecule has 0 bridgehead atoms. The van der Waals surface area contributed by atoms with Gasteiger partial charge in [0.05, 0.1) is 16.9 Å². The number of benzene rings is 1. The molecule has 1 aromatic carbocycles. The highest BCUT2D eigenvalue weighted by Gasteiger charge is 2.18. The molecule has 0 radical (unpaired) electrons. The van der Waals surface area contributed by atoms with Crippen molar-refractivity contribution in [3.63, 3.8) is 0 Å². The molecule has 0 spiro atoms. The minimum atomic E-state index is -1.12. The Morgan fingerprint density at radius 1 is 1.24 bits per heavy atom. The molecular formula is C14H12N4O2S. The van der Waals surface area contributed by atoms with Crippen molar-refractivity contribution in [3.8, 4) is 0 Å². The second-order valence-electron chi connectivity index (χ2n) is 4.53. The van der Waals surface area contributed by atoms with Gasteiger partial charge in [0.1, 0.15) is 0 Å². The maximum atomic E-state index is 11.4. The normalized spacial score (nSPS) is 10.8. The van der Waals surface area contributed by atoms with Gasteiger partial charge in [0.15, 0.2) is 10.8 Å². The third kappa shape index (κ3) is 2.43. The Morgan fingerprint density at radius 2 is 2.00 bits per heavy atom. The second-order valence-corrected chi connectivity index (χ2v) is 5.73. The maximum absolute atomic E-state index is 11.4. The minimum absolute atomic E-state index is 0.112. The molecule has 0 fully saturated rings. The summed E-state index contributed by atoms with van der Waals surface area (Å²) in [6, 6.07) is 7.27. The van der Waals surface area contributed by atoms with Crippen LogP contribution in [0.2, 0.25) is 0 Å². The average Bonchev–Trinajstić information content (AvgIpc) is 2.77. The molecule has 0 saturated heterocycles. The topological polar surface area (TPSA) is 88.0 Å². The van der Waals surface area contributed by atoms with Gasteiger partial charge in [-0.05, 0) is 19.9 Å². The summed E-state index contributed by atoms with van der Waals surface area (Å²) < 4.78 is 0. The molecule has 3 rings (SSSR count). The van der Waals surface area contributed by atoms with Crippen molar-refractivity contribution in [2.24, 2.45) is 0 Å². The number of nitrogens with one attached hydrogen (secondary N) is 1. The first-order valence-electron chi connectivity index (χ1n) is 6.26. The Labute approximate surface area is 124 Å². The number of aromatic carboxylic acids is 1. The third-order valence-corrected chi connectivity index (χ3v) is 4.12.